The van der Waals surface area contributed by atoms with Crippen LogP contribution < -0.4 is 5.43 Å². The molecule has 0 amide bonds. The van der Waals surface area contributed by atoms with Crippen LogP contribution in [0.15, 0.2) is 62.6 Å². The largest absolute Gasteiger partial charge is 0.460 e. The fourth-order valence-corrected chi connectivity index (χ4v) is 3.73. The molecule has 0 bridgehead atoms. The van der Waals surface area contributed by atoms with Crippen LogP contribution in [-0.4, -0.2) is 14.7 Å². The topological polar surface area (TPSA) is 64.3 Å². The molecule has 4 nitrogen and oxygen atoms in total. The number of aryl methyl sites for hydroxylation is 1. The van der Waals surface area contributed by atoms with Gasteiger partial charge in [0.1, 0.15) is 11.5 Å². The van der Waals surface area contributed by atoms with Crippen LogP contribution in [0.1, 0.15) is 16.9 Å². The fraction of sp³-hybridized carbons (Fsp3) is 0.190. The van der Waals surface area contributed by atoms with Gasteiger partial charge in [0, 0.05) is 23.4 Å². The van der Waals surface area contributed by atoms with E-state index in [0.29, 0.717) is 12.1 Å². The molecule has 1 aromatic heterocycles. The first-order valence-electron chi connectivity index (χ1n) is 8.83. The first-order chi connectivity index (χ1) is 14.6. The van der Waals surface area contributed by atoms with Crippen molar-refractivity contribution in [1.82, 2.24) is 0 Å². The summed E-state index contributed by atoms with van der Waals surface area (Å²) < 4.78 is 109. The summed E-state index contributed by atoms with van der Waals surface area (Å²) in [4.78, 5) is 12.6. The SMILES string of the molecule is Cc1cc(=O)c(-c2ccc(C(F)(F)F)cc2C(F)(F)F)c(-c2ccc(S(C)(=O)=O)cc2)o1. The van der Waals surface area contributed by atoms with Crippen molar-refractivity contribution in [3.63, 3.8) is 0 Å². The van der Waals surface area contributed by atoms with Crippen LogP contribution in [0.25, 0.3) is 22.5 Å². The third-order valence-electron chi connectivity index (χ3n) is 4.54. The van der Waals surface area contributed by atoms with E-state index in [4.69, 9.17) is 4.42 Å². The predicted molar refractivity (Wildman–Crippen MR) is 104 cm³/mol. The monoisotopic (exact) mass is 476 g/mol. The lowest BCUT2D eigenvalue weighted by molar-refractivity contribution is -0.142. The minimum atomic E-state index is -5.20. The van der Waals surface area contributed by atoms with Crippen molar-refractivity contribution >= 4 is 9.84 Å². The van der Waals surface area contributed by atoms with Crippen LogP contribution >= 0.6 is 0 Å². The van der Waals surface area contributed by atoms with E-state index in [-0.39, 0.29) is 28.0 Å². The summed E-state index contributed by atoms with van der Waals surface area (Å²) in [7, 11) is -3.57. The van der Waals surface area contributed by atoms with Gasteiger partial charge >= 0.3 is 12.4 Å². The number of hydrogen-bond donors (Lipinski definition) is 0. The van der Waals surface area contributed by atoms with Gasteiger partial charge in [-0.2, -0.15) is 26.3 Å². The Balaban J connectivity index is 2.34. The zero-order valence-corrected chi connectivity index (χ0v) is 17.2. The number of hydrogen-bond acceptors (Lipinski definition) is 4. The summed E-state index contributed by atoms with van der Waals surface area (Å²) in [6.07, 6.45) is -9.27. The average molecular weight is 476 g/mol. The van der Waals surface area contributed by atoms with E-state index in [2.05, 4.69) is 0 Å². The third-order valence-corrected chi connectivity index (χ3v) is 5.67. The lowest BCUT2D eigenvalue weighted by atomic mass is 9.93. The Morgan fingerprint density at radius 2 is 1.44 bits per heavy atom. The van der Waals surface area contributed by atoms with Gasteiger partial charge in [-0.15, -0.1) is 0 Å². The highest BCUT2D eigenvalue weighted by atomic mass is 32.2. The second-order valence-electron chi connectivity index (χ2n) is 6.98. The predicted octanol–water partition coefficient (Wildman–Crippen LogP) is 5.72. The van der Waals surface area contributed by atoms with Crippen LogP contribution in [0.5, 0.6) is 0 Å². The Hall–Kier alpha value is -3.08. The minimum absolute atomic E-state index is 0.0430. The Bertz CT molecular complexity index is 1330. The van der Waals surface area contributed by atoms with Crippen molar-refractivity contribution in [2.75, 3.05) is 6.26 Å². The molecule has 1 heterocycles. The molecule has 0 aliphatic carbocycles. The smallest absolute Gasteiger partial charge is 0.417 e. The quantitative estimate of drug-likeness (QED) is 0.454. The maximum absolute atomic E-state index is 13.7. The molecule has 0 saturated carbocycles. The van der Waals surface area contributed by atoms with Crippen molar-refractivity contribution < 1.29 is 39.2 Å². The number of rotatable bonds is 3. The molecule has 3 rings (SSSR count). The summed E-state index contributed by atoms with van der Waals surface area (Å²) >= 11 is 0. The Morgan fingerprint density at radius 3 is 1.94 bits per heavy atom. The number of alkyl halides is 6. The fourth-order valence-electron chi connectivity index (χ4n) is 3.10. The van der Waals surface area contributed by atoms with Gasteiger partial charge < -0.3 is 4.42 Å². The molecule has 2 aromatic carbocycles. The number of benzene rings is 2. The first-order valence-corrected chi connectivity index (χ1v) is 10.7. The summed E-state index contributed by atoms with van der Waals surface area (Å²) in [5.74, 6) is -0.290. The molecule has 0 spiro atoms. The Kier molecular flexibility index (Phi) is 5.75. The van der Waals surface area contributed by atoms with Gasteiger partial charge in [-0.25, -0.2) is 8.42 Å². The van der Waals surface area contributed by atoms with Crippen LogP contribution in [-0.2, 0) is 22.2 Å². The van der Waals surface area contributed by atoms with Crippen molar-refractivity contribution in [2.45, 2.75) is 24.2 Å². The standard InChI is InChI=1S/C21H14F6O4S/c1-11-9-17(28)18(19(31-11)12-3-6-14(7-4-12)32(2,29)30)15-8-5-13(20(22,23)24)10-16(15)21(25,26)27/h3-10H,1-2H3. The molecule has 0 aliphatic heterocycles. The second kappa shape index (κ2) is 7.80. The van der Waals surface area contributed by atoms with E-state index < -0.39 is 49.9 Å². The molecule has 32 heavy (non-hydrogen) atoms. The Labute approximate surface area is 178 Å². The minimum Gasteiger partial charge on any atom is -0.460 e. The highest BCUT2D eigenvalue weighted by Gasteiger charge is 2.39. The zero-order chi connectivity index (χ0) is 24.1. The molecule has 0 aliphatic rings. The lowest BCUT2D eigenvalue weighted by Gasteiger charge is -2.17. The normalized spacial score (nSPS) is 12.8. The van der Waals surface area contributed by atoms with Crippen LogP contribution in [0.2, 0.25) is 0 Å². The van der Waals surface area contributed by atoms with Crippen LogP contribution in [0.3, 0.4) is 0 Å². The van der Waals surface area contributed by atoms with Gasteiger partial charge in [-0.3, -0.25) is 4.79 Å². The molecule has 0 atom stereocenters. The van der Waals surface area contributed by atoms with Crippen molar-refractivity contribution in [1.29, 1.82) is 0 Å². The molecular weight excluding hydrogens is 462 g/mol. The first kappa shape index (κ1) is 23.6. The highest BCUT2D eigenvalue weighted by Crippen LogP contribution is 2.42. The van der Waals surface area contributed by atoms with Gasteiger partial charge in [0.25, 0.3) is 0 Å². The van der Waals surface area contributed by atoms with Gasteiger partial charge in [0.2, 0.25) is 0 Å². The molecule has 0 radical (unpaired) electrons. The highest BCUT2D eigenvalue weighted by molar-refractivity contribution is 7.90. The number of halogens is 6. The van der Waals surface area contributed by atoms with Crippen LogP contribution in [0.4, 0.5) is 26.3 Å². The van der Waals surface area contributed by atoms with Gasteiger partial charge in [-0.1, -0.05) is 6.07 Å². The van der Waals surface area contributed by atoms with Crippen molar-refractivity contribution in [2.24, 2.45) is 0 Å². The molecule has 170 valence electrons. The molecule has 0 unspecified atom stereocenters. The maximum atomic E-state index is 13.7. The van der Waals surface area contributed by atoms with Crippen molar-refractivity contribution in [3.05, 3.63) is 75.6 Å². The van der Waals surface area contributed by atoms with Gasteiger partial charge in [0.05, 0.1) is 21.6 Å². The third kappa shape index (κ3) is 4.72. The van der Waals surface area contributed by atoms with Gasteiger partial charge in [-0.05, 0) is 43.3 Å². The number of sulfone groups is 1. The summed E-state index contributed by atoms with van der Waals surface area (Å²) in [6.45, 7) is 1.37. The van der Waals surface area contributed by atoms with Crippen LogP contribution in [0, 0.1) is 6.92 Å². The molecule has 0 N–H and O–H groups in total. The van der Waals surface area contributed by atoms with E-state index >= 15 is 0 Å². The van der Waals surface area contributed by atoms with E-state index in [0.717, 1.165) is 12.3 Å². The second-order valence-corrected chi connectivity index (χ2v) is 8.99. The molecule has 0 fully saturated rings. The lowest BCUT2D eigenvalue weighted by Crippen LogP contribution is -2.15. The molecule has 3 aromatic rings. The van der Waals surface area contributed by atoms with Crippen molar-refractivity contribution in [3.8, 4) is 22.5 Å². The molecular formula is C21H14F6O4S. The Morgan fingerprint density at radius 1 is 0.844 bits per heavy atom. The molecule has 0 saturated heterocycles. The van der Waals surface area contributed by atoms with E-state index in [1.807, 2.05) is 0 Å². The van der Waals surface area contributed by atoms with E-state index in [9.17, 15) is 39.6 Å². The van der Waals surface area contributed by atoms with E-state index in [1.54, 1.807) is 0 Å². The van der Waals surface area contributed by atoms with Gasteiger partial charge in [0.15, 0.2) is 15.3 Å². The maximum Gasteiger partial charge on any atom is 0.417 e. The molecule has 11 heteroatoms. The zero-order valence-electron chi connectivity index (χ0n) is 16.4. The van der Waals surface area contributed by atoms with E-state index in [1.165, 1.54) is 31.2 Å². The summed E-state index contributed by atoms with van der Waals surface area (Å²) in [6, 6.07) is 6.68. The summed E-state index contributed by atoms with van der Waals surface area (Å²) in [5, 5.41) is 0. The summed E-state index contributed by atoms with van der Waals surface area (Å²) in [5.41, 5.74) is -5.39. The average Bonchev–Trinajstić information content (AvgIpc) is 2.65.